The molecule has 0 unspecified atom stereocenters. The Labute approximate surface area is 190 Å². The van der Waals surface area contributed by atoms with Crippen molar-refractivity contribution in [3.63, 3.8) is 0 Å². The number of benzene rings is 2. The summed E-state index contributed by atoms with van der Waals surface area (Å²) in [5.74, 6) is 0.751. The van der Waals surface area contributed by atoms with Crippen molar-refractivity contribution < 1.29 is 4.74 Å². The Morgan fingerprint density at radius 2 is 1.88 bits per heavy atom. The Morgan fingerprint density at radius 3 is 2.62 bits per heavy atom. The second-order valence-corrected chi connectivity index (χ2v) is 8.62. The molecule has 0 fully saturated rings. The highest BCUT2D eigenvalue weighted by atomic mass is 32.1. The molecule has 0 aliphatic heterocycles. The molecule has 3 heterocycles. The third-order valence-corrected chi connectivity index (χ3v) is 5.96. The van der Waals surface area contributed by atoms with Gasteiger partial charge in [-0.15, -0.1) is 16.4 Å². The predicted molar refractivity (Wildman–Crippen MR) is 125 cm³/mol. The summed E-state index contributed by atoms with van der Waals surface area (Å²) in [4.78, 5) is 8.88. The molecule has 0 saturated carbocycles. The van der Waals surface area contributed by atoms with E-state index in [2.05, 4.69) is 49.9 Å². The van der Waals surface area contributed by atoms with E-state index in [9.17, 15) is 0 Å². The van der Waals surface area contributed by atoms with Gasteiger partial charge >= 0.3 is 0 Å². The first-order valence-corrected chi connectivity index (χ1v) is 11.1. The van der Waals surface area contributed by atoms with E-state index in [0.29, 0.717) is 6.54 Å². The number of aromatic nitrogens is 6. The van der Waals surface area contributed by atoms with Crippen LogP contribution in [0.5, 0.6) is 5.75 Å². The van der Waals surface area contributed by atoms with E-state index < -0.39 is 0 Å². The van der Waals surface area contributed by atoms with Gasteiger partial charge in [-0.3, -0.25) is 0 Å². The smallest absolute Gasteiger partial charge is 0.143 e. The molecule has 0 aliphatic carbocycles. The number of thiazole rings is 1. The molecule has 160 valence electrons. The zero-order valence-corrected chi connectivity index (χ0v) is 18.9. The summed E-state index contributed by atoms with van der Waals surface area (Å²) in [5, 5.41) is 11.9. The van der Waals surface area contributed by atoms with Crippen LogP contribution in [-0.4, -0.2) is 36.6 Å². The molecule has 3 aromatic heterocycles. The maximum absolute atomic E-state index is 5.62. The lowest BCUT2D eigenvalue weighted by molar-refractivity contribution is 0.413. The molecule has 0 spiro atoms. The maximum Gasteiger partial charge on any atom is 0.143 e. The second kappa shape index (κ2) is 8.39. The highest BCUT2D eigenvalue weighted by Crippen LogP contribution is 2.29. The number of ether oxygens (including phenoxy) is 1. The molecular weight excluding hydrogens is 420 g/mol. The van der Waals surface area contributed by atoms with Crippen molar-refractivity contribution in [3.8, 4) is 34.0 Å². The zero-order valence-electron chi connectivity index (χ0n) is 18.1. The summed E-state index contributed by atoms with van der Waals surface area (Å²) in [6.45, 7) is 4.61. The molecule has 32 heavy (non-hydrogen) atoms. The van der Waals surface area contributed by atoms with E-state index in [4.69, 9.17) is 4.74 Å². The number of imidazole rings is 1. The van der Waals surface area contributed by atoms with Gasteiger partial charge < -0.3 is 9.30 Å². The molecule has 0 aliphatic rings. The van der Waals surface area contributed by atoms with Crippen LogP contribution in [-0.2, 0) is 6.54 Å². The first-order chi connectivity index (χ1) is 15.6. The van der Waals surface area contributed by atoms with E-state index in [-0.39, 0.29) is 0 Å². The number of hydrogen-bond donors (Lipinski definition) is 0. The van der Waals surface area contributed by atoms with Gasteiger partial charge in [0, 0.05) is 22.7 Å². The van der Waals surface area contributed by atoms with Gasteiger partial charge in [0.15, 0.2) is 0 Å². The van der Waals surface area contributed by atoms with Gasteiger partial charge in [0.2, 0.25) is 0 Å². The first-order valence-electron chi connectivity index (χ1n) is 10.2. The van der Waals surface area contributed by atoms with Crippen molar-refractivity contribution in [2.45, 2.75) is 20.4 Å². The molecule has 0 radical (unpaired) electrons. The molecule has 0 bridgehead atoms. The van der Waals surface area contributed by atoms with E-state index in [0.717, 1.165) is 50.2 Å². The van der Waals surface area contributed by atoms with Crippen LogP contribution >= 0.6 is 11.3 Å². The molecule has 0 N–H and O–H groups in total. The molecule has 5 aromatic rings. The molecular formula is C24H22N6OS. The van der Waals surface area contributed by atoms with E-state index in [1.807, 2.05) is 53.7 Å². The number of hydrogen-bond acceptors (Lipinski definition) is 6. The van der Waals surface area contributed by atoms with Crippen molar-refractivity contribution in [2.24, 2.45) is 0 Å². The van der Waals surface area contributed by atoms with E-state index >= 15 is 0 Å². The molecule has 7 nitrogen and oxygen atoms in total. The SMILES string of the molecule is COc1cc(-c2cn(Cc3cccc(-c4csc(C)n4)c3)nn2)ccc1-n1cnc(C)c1. The van der Waals surface area contributed by atoms with Crippen LogP contribution in [0, 0.1) is 13.8 Å². The zero-order chi connectivity index (χ0) is 22.1. The van der Waals surface area contributed by atoms with Crippen molar-refractivity contribution in [1.82, 2.24) is 29.5 Å². The average molecular weight is 443 g/mol. The summed E-state index contributed by atoms with van der Waals surface area (Å²) in [6, 6.07) is 14.4. The number of nitrogens with zero attached hydrogens (tertiary/aromatic N) is 6. The normalized spacial score (nSPS) is 11.1. The lowest BCUT2D eigenvalue weighted by Crippen LogP contribution is -2.00. The fourth-order valence-electron chi connectivity index (χ4n) is 3.62. The lowest BCUT2D eigenvalue weighted by Gasteiger charge is -2.10. The monoisotopic (exact) mass is 442 g/mol. The highest BCUT2D eigenvalue weighted by molar-refractivity contribution is 7.09. The third-order valence-electron chi connectivity index (χ3n) is 5.19. The van der Waals surface area contributed by atoms with Gasteiger partial charge in [0.1, 0.15) is 11.4 Å². The van der Waals surface area contributed by atoms with E-state index in [1.54, 1.807) is 24.8 Å². The van der Waals surface area contributed by atoms with Crippen molar-refractivity contribution in [3.05, 3.63) is 82.8 Å². The molecule has 2 aromatic carbocycles. The van der Waals surface area contributed by atoms with Crippen LogP contribution in [0.1, 0.15) is 16.3 Å². The van der Waals surface area contributed by atoms with E-state index in [1.165, 1.54) is 0 Å². The van der Waals surface area contributed by atoms with Crippen LogP contribution in [0.3, 0.4) is 0 Å². The van der Waals surface area contributed by atoms with Crippen LogP contribution < -0.4 is 4.74 Å². The molecule has 0 atom stereocenters. The topological polar surface area (TPSA) is 70.7 Å². The number of aryl methyl sites for hydroxylation is 2. The highest BCUT2D eigenvalue weighted by Gasteiger charge is 2.11. The van der Waals surface area contributed by atoms with Crippen LogP contribution in [0.25, 0.3) is 28.2 Å². The largest absolute Gasteiger partial charge is 0.495 e. The fraction of sp³-hybridized carbons (Fsp3) is 0.167. The van der Waals surface area contributed by atoms with Gasteiger partial charge in [-0.05, 0) is 37.6 Å². The van der Waals surface area contributed by atoms with Gasteiger partial charge in [0.05, 0.1) is 48.3 Å². The summed E-state index contributed by atoms with van der Waals surface area (Å²) in [5.41, 5.74) is 6.89. The molecule has 0 saturated heterocycles. The molecule has 0 amide bonds. The van der Waals surface area contributed by atoms with Gasteiger partial charge in [-0.1, -0.05) is 29.5 Å². The fourth-order valence-corrected chi connectivity index (χ4v) is 4.25. The number of methoxy groups -OCH3 is 1. The van der Waals surface area contributed by atoms with Crippen molar-refractivity contribution in [1.29, 1.82) is 0 Å². The predicted octanol–water partition coefficient (Wildman–Crippen LogP) is 4.93. The molecule has 5 rings (SSSR count). The Balaban J connectivity index is 1.38. The average Bonchev–Trinajstić information content (AvgIpc) is 3.55. The first kappa shape index (κ1) is 20.1. The second-order valence-electron chi connectivity index (χ2n) is 7.56. The summed E-state index contributed by atoms with van der Waals surface area (Å²) < 4.78 is 9.42. The Kier molecular flexibility index (Phi) is 5.28. The Bertz CT molecular complexity index is 1380. The quantitative estimate of drug-likeness (QED) is 0.373. The van der Waals surface area contributed by atoms with Gasteiger partial charge in [0.25, 0.3) is 0 Å². The minimum Gasteiger partial charge on any atom is -0.495 e. The van der Waals surface area contributed by atoms with Crippen LogP contribution in [0.2, 0.25) is 0 Å². The minimum absolute atomic E-state index is 0.632. The van der Waals surface area contributed by atoms with Crippen molar-refractivity contribution in [2.75, 3.05) is 7.11 Å². The Morgan fingerprint density at radius 1 is 1.00 bits per heavy atom. The summed E-state index contributed by atoms with van der Waals surface area (Å²) in [7, 11) is 1.67. The summed E-state index contributed by atoms with van der Waals surface area (Å²) >= 11 is 1.66. The maximum atomic E-state index is 5.62. The minimum atomic E-state index is 0.632. The van der Waals surface area contributed by atoms with Gasteiger partial charge in [-0.2, -0.15) is 0 Å². The Hall–Kier alpha value is -3.78. The molecule has 8 heteroatoms. The van der Waals surface area contributed by atoms with Crippen molar-refractivity contribution >= 4 is 11.3 Å². The standard InChI is InChI=1S/C24H22N6OS/c1-16-11-29(15-25-16)23-8-7-20(10-24(23)31-3)21-13-30(28-27-21)12-18-5-4-6-19(9-18)22-14-32-17(2)26-22/h4-11,13-15H,12H2,1-3H3. The summed E-state index contributed by atoms with van der Waals surface area (Å²) in [6.07, 6.45) is 5.70. The van der Waals surface area contributed by atoms with Crippen LogP contribution in [0.15, 0.2) is 66.6 Å². The lowest BCUT2D eigenvalue weighted by atomic mass is 10.1. The third kappa shape index (κ3) is 4.04. The van der Waals surface area contributed by atoms with Gasteiger partial charge in [-0.25, -0.2) is 14.6 Å². The number of rotatable bonds is 6. The van der Waals surface area contributed by atoms with Crippen LogP contribution in [0.4, 0.5) is 0 Å².